The van der Waals surface area contributed by atoms with Gasteiger partial charge in [0.25, 0.3) is 20.2 Å². The third-order valence-electron chi connectivity index (χ3n) is 6.79. The van der Waals surface area contributed by atoms with Crippen molar-refractivity contribution in [2.45, 2.75) is 77.7 Å². The van der Waals surface area contributed by atoms with Crippen molar-refractivity contribution in [3.05, 3.63) is 81.9 Å². The van der Waals surface area contributed by atoms with Gasteiger partial charge in [-0.25, -0.2) is 4.79 Å². The molecule has 0 aromatic heterocycles. The Bertz CT molecular complexity index is 1620. The molecule has 0 saturated carbocycles. The summed E-state index contributed by atoms with van der Waals surface area (Å²) in [7, 11) is -8.20. The van der Waals surface area contributed by atoms with Gasteiger partial charge in [0.1, 0.15) is 5.60 Å². The second-order valence-electron chi connectivity index (χ2n) is 12.1. The lowest BCUT2D eigenvalue weighted by Crippen LogP contribution is -2.34. The van der Waals surface area contributed by atoms with Crippen molar-refractivity contribution in [3.8, 4) is 0 Å². The van der Waals surface area contributed by atoms with Crippen molar-refractivity contribution in [1.29, 1.82) is 0 Å². The molecule has 0 radical (unpaired) electrons. The minimum Gasteiger partial charge on any atom is -0.444 e. The average molecular weight is 661 g/mol. The Morgan fingerprint density at radius 3 is 1.51 bits per heavy atom. The van der Waals surface area contributed by atoms with Crippen LogP contribution in [0.4, 0.5) is 16.2 Å². The Morgan fingerprint density at radius 1 is 0.711 bits per heavy atom. The first-order valence-electron chi connectivity index (χ1n) is 14.6. The molecule has 0 saturated heterocycles. The molecule has 0 aliphatic carbocycles. The van der Waals surface area contributed by atoms with E-state index in [0.29, 0.717) is 33.6 Å². The first-order chi connectivity index (χ1) is 20.8. The predicted octanol–water partition coefficient (Wildman–Crippen LogP) is 6.50. The van der Waals surface area contributed by atoms with Gasteiger partial charge in [-0.2, -0.15) is 16.8 Å². The molecule has 12 heteroatoms. The van der Waals surface area contributed by atoms with Crippen molar-refractivity contribution in [3.63, 3.8) is 0 Å². The summed E-state index contributed by atoms with van der Waals surface area (Å²) in [6, 6.07) is 14.0. The minimum absolute atomic E-state index is 0.0300. The van der Waals surface area contributed by atoms with E-state index in [4.69, 9.17) is 13.1 Å². The van der Waals surface area contributed by atoms with Crippen molar-refractivity contribution in [2.24, 2.45) is 0 Å². The molecule has 0 unspecified atom stereocenters. The summed E-state index contributed by atoms with van der Waals surface area (Å²) >= 11 is 0. The molecule has 3 rings (SSSR count). The largest absolute Gasteiger partial charge is 0.444 e. The zero-order valence-electron chi connectivity index (χ0n) is 27.5. The molecule has 0 aliphatic rings. The Labute approximate surface area is 268 Å². The number of nitrogens with one attached hydrogen (secondary N) is 1. The van der Waals surface area contributed by atoms with Crippen LogP contribution in [0.25, 0.3) is 0 Å². The Kier molecular flexibility index (Phi) is 11.5. The summed E-state index contributed by atoms with van der Waals surface area (Å²) in [5.74, 6) is 0. The van der Waals surface area contributed by atoms with E-state index >= 15 is 0 Å². The molecule has 1 N–H and O–H groups in total. The second-order valence-corrected chi connectivity index (χ2v) is 15.2. The van der Waals surface area contributed by atoms with Gasteiger partial charge in [0.05, 0.1) is 34.4 Å². The van der Waals surface area contributed by atoms with Gasteiger partial charge in [0.15, 0.2) is 0 Å². The fourth-order valence-corrected chi connectivity index (χ4v) is 8.01. The lowest BCUT2D eigenvalue weighted by molar-refractivity contribution is 0.0636. The number of hydrogen-bond acceptors (Lipinski definition) is 9. The van der Waals surface area contributed by atoms with Crippen LogP contribution in [0.1, 0.15) is 54.2 Å². The van der Waals surface area contributed by atoms with Gasteiger partial charge < -0.3 is 9.64 Å². The normalized spacial score (nSPS) is 12.2. The molecule has 3 aromatic rings. The number of rotatable bonds is 12. The van der Waals surface area contributed by atoms with Crippen LogP contribution in [0, 0.1) is 41.5 Å². The quantitative estimate of drug-likeness (QED) is 0.217. The number of para-hydroxylation sites is 2. The van der Waals surface area contributed by atoms with Crippen LogP contribution in [0.5, 0.6) is 0 Å². The van der Waals surface area contributed by atoms with Crippen LogP contribution in [-0.4, -0.2) is 54.8 Å². The summed E-state index contributed by atoms with van der Waals surface area (Å²) in [6.45, 7) is 15.4. The average Bonchev–Trinajstić information content (AvgIpc) is 2.85. The van der Waals surface area contributed by atoms with Crippen LogP contribution in [0.2, 0.25) is 0 Å². The third kappa shape index (κ3) is 9.77. The molecule has 0 fully saturated rings. The number of nitrogens with zero attached hydrogens (tertiary/aromatic N) is 1. The van der Waals surface area contributed by atoms with Crippen LogP contribution in [0.3, 0.4) is 0 Å². The number of aryl methyl sites for hydroxylation is 6. The van der Waals surface area contributed by atoms with E-state index < -0.39 is 31.9 Å². The molecular weight excluding hydrogens is 617 g/mol. The van der Waals surface area contributed by atoms with Gasteiger partial charge in [0.2, 0.25) is 0 Å². The topological polar surface area (TPSA) is 128 Å². The highest BCUT2D eigenvalue weighted by molar-refractivity contribution is 7.87. The Hall–Kier alpha value is -3.45. The number of amides is 1. The minimum atomic E-state index is -4.10. The molecule has 45 heavy (non-hydrogen) atoms. The lowest BCUT2D eigenvalue weighted by atomic mass is 10.1. The molecule has 0 bridgehead atoms. The molecule has 10 nitrogen and oxygen atoms in total. The van der Waals surface area contributed by atoms with E-state index in [9.17, 15) is 21.6 Å². The second kappa shape index (κ2) is 14.3. The highest BCUT2D eigenvalue weighted by Crippen LogP contribution is 2.28. The SMILES string of the molecule is Cc1cc(C)c(S(=O)(=O)OCCN(CCOS(=O)(=O)c2c(C)cc(C)cc2C)c2ccccc2NC(=O)OC(C)(C)C)c(C)c1. The zero-order valence-corrected chi connectivity index (χ0v) is 29.1. The number of hydrogen-bond donors (Lipinski definition) is 1. The smallest absolute Gasteiger partial charge is 0.412 e. The summed E-state index contributed by atoms with van der Waals surface area (Å²) in [6.07, 6.45) is -0.678. The molecule has 3 aromatic carbocycles. The molecule has 0 spiro atoms. The van der Waals surface area contributed by atoms with Crippen molar-refractivity contribution in [2.75, 3.05) is 36.5 Å². The number of benzene rings is 3. The monoisotopic (exact) mass is 660 g/mol. The van der Waals surface area contributed by atoms with Crippen molar-refractivity contribution >= 4 is 37.7 Å². The van der Waals surface area contributed by atoms with E-state index in [0.717, 1.165) is 11.1 Å². The Balaban J connectivity index is 1.87. The fourth-order valence-electron chi connectivity index (χ4n) is 5.38. The summed E-state index contributed by atoms with van der Waals surface area (Å²) in [4.78, 5) is 14.6. The van der Waals surface area contributed by atoms with Gasteiger partial charge >= 0.3 is 6.09 Å². The molecule has 1 amide bonds. The predicted molar refractivity (Wildman–Crippen MR) is 176 cm³/mol. The molecule has 0 atom stereocenters. The highest BCUT2D eigenvalue weighted by atomic mass is 32.2. The van der Waals surface area contributed by atoms with E-state index in [1.807, 2.05) is 13.8 Å². The number of anilines is 2. The first-order valence-corrected chi connectivity index (χ1v) is 17.4. The number of carbonyl (C=O) groups is 1. The number of carbonyl (C=O) groups excluding carboxylic acids is 1. The maximum Gasteiger partial charge on any atom is 0.412 e. The maximum absolute atomic E-state index is 13.2. The first kappa shape index (κ1) is 36.0. The van der Waals surface area contributed by atoms with Gasteiger partial charge in [-0.15, -0.1) is 0 Å². The maximum atomic E-state index is 13.2. The summed E-state index contributed by atoms with van der Waals surface area (Å²) in [5, 5.41) is 2.73. The highest BCUT2D eigenvalue weighted by Gasteiger charge is 2.25. The summed E-state index contributed by atoms with van der Waals surface area (Å²) < 4.78 is 69.2. The Morgan fingerprint density at radius 2 is 1.11 bits per heavy atom. The van der Waals surface area contributed by atoms with Crippen molar-refractivity contribution in [1.82, 2.24) is 0 Å². The molecule has 246 valence electrons. The third-order valence-corrected chi connectivity index (χ3v) is 10.0. The molecule has 0 heterocycles. The van der Waals surface area contributed by atoms with E-state index in [1.165, 1.54) is 0 Å². The molecular formula is C33H44N2O8S2. The van der Waals surface area contributed by atoms with E-state index in [-0.39, 0.29) is 36.1 Å². The van der Waals surface area contributed by atoms with Gasteiger partial charge in [-0.1, -0.05) is 47.5 Å². The molecule has 0 aliphatic heterocycles. The van der Waals surface area contributed by atoms with E-state index in [1.54, 1.807) is 102 Å². The lowest BCUT2D eigenvalue weighted by Gasteiger charge is -2.27. The standard InChI is InChI=1S/C33H44N2O8S2/c1-22-18-24(3)30(25(4)19-22)44(37,38)41-16-14-35(29-13-11-10-12-28(29)34-32(36)43-33(7,8)9)15-17-42-45(39,40)31-26(5)20-23(2)21-27(31)6/h10-13,18-21H,14-17H2,1-9H3,(H,34,36). The van der Waals surface area contributed by atoms with Crippen LogP contribution in [0.15, 0.2) is 58.3 Å². The van der Waals surface area contributed by atoms with Crippen molar-refractivity contribution < 1.29 is 34.7 Å². The fraction of sp³-hybridized carbons (Fsp3) is 0.424. The zero-order chi connectivity index (χ0) is 33.7. The van der Waals surface area contributed by atoms with Gasteiger partial charge in [0, 0.05) is 13.1 Å². The number of ether oxygens (including phenoxy) is 1. The van der Waals surface area contributed by atoms with Crippen LogP contribution in [-0.2, 0) is 33.3 Å². The van der Waals surface area contributed by atoms with E-state index in [2.05, 4.69) is 5.32 Å². The van der Waals surface area contributed by atoms with Crippen LogP contribution >= 0.6 is 0 Å². The van der Waals surface area contributed by atoms with Gasteiger partial charge in [-0.3, -0.25) is 13.7 Å². The van der Waals surface area contributed by atoms with Crippen LogP contribution < -0.4 is 10.2 Å². The summed E-state index contributed by atoms with van der Waals surface area (Å²) in [5.41, 5.74) is 4.34. The van der Waals surface area contributed by atoms with Gasteiger partial charge in [-0.05, 0) is 96.7 Å².